The lowest BCUT2D eigenvalue weighted by Gasteiger charge is -2.06. The molecule has 0 radical (unpaired) electrons. The quantitative estimate of drug-likeness (QED) is 0.776. The number of nitrogens with one attached hydrogen (secondary N) is 2. The molecule has 0 amide bonds. The van der Waals surface area contributed by atoms with Gasteiger partial charge >= 0.3 is 0 Å². The first-order valence-corrected chi connectivity index (χ1v) is 6.19. The van der Waals surface area contributed by atoms with E-state index in [4.69, 9.17) is 0 Å². The molecular formula is C12H19N3. The molecule has 2 heterocycles. The summed E-state index contributed by atoms with van der Waals surface area (Å²) in [7, 11) is 0. The van der Waals surface area contributed by atoms with E-state index in [-0.39, 0.29) is 0 Å². The molecule has 1 unspecified atom stereocenters. The van der Waals surface area contributed by atoms with Crippen LogP contribution in [0.25, 0.3) is 0 Å². The first kappa shape index (κ1) is 9.40. The monoisotopic (exact) mass is 205 g/mol. The fourth-order valence-electron chi connectivity index (χ4n) is 2.89. The van der Waals surface area contributed by atoms with Gasteiger partial charge in [0, 0.05) is 30.3 Å². The number of aromatic nitrogens is 2. The zero-order valence-electron chi connectivity index (χ0n) is 9.13. The average molecular weight is 205 g/mol. The average Bonchev–Trinajstić information content (AvgIpc) is 3.02. The SMILES string of the molecule is c1nc(C2CCCC2)[nH]c1C1CCNC1. The smallest absolute Gasteiger partial charge is 0.109 e. The van der Waals surface area contributed by atoms with Crippen molar-refractivity contribution in [1.82, 2.24) is 15.3 Å². The molecule has 2 fully saturated rings. The maximum Gasteiger partial charge on any atom is 0.109 e. The Balaban J connectivity index is 1.74. The van der Waals surface area contributed by atoms with Crippen LogP contribution in [0, 0.1) is 0 Å². The van der Waals surface area contributed by atoms with Gasteiger partial charge in [-0.3, -0.25) is 0 Å². The summed E-state index contributed by atoms with van der Waals surface area (Å²) in [6, 6.07) is 0. The molecule has 1 atom stereocenters. The van der Waals surface area contributed by atoms with Crippen LogP contribution in [0.5, 0.6) is 0 Å². The molecule has 0 spiro atoms. The Morgan fingerprint density at radius 1 is 1.13 bits per heavy atom. The van der Waals surface area contributed by atoms with Crippen molar-refractivity contribution in [1.29, 1.82) is 0 Å². The van der Waals surface area contributed by atoms with E-state index in [9.17, 15) is 0 Å². The molecule has 2 aliphatic rings. The number of aromatic amines is 1. The maximum atomic E-state index is 4.56. The van der Waals surface area contributed by atoms with E-state index in [0.717, 1.165) is 13.1 Å². The minimum Gasteiger partial charge on any atom is -0.345 e. The molecule has 15 heavy (non-hydrogen) atoms. The van der Waals surface area contributed by atoms with Crippen LogP contribution in [0.2, 0.25) is 0 Å². The fourth-order valence-corrected chi connectivity index (χ4v) is 2.89. The van der Waals surface area contributed by atoms with Crippen molar-refractivity contribution in [3.63, 3.8) is 0 Å². The second kappa shape index (κ2) is 3.97. The largest absolute Gasteiger partial charge is 0.345 e. The van der Waals surface area contributed by atoms with Gasteiger partial charge in [0.05, 0.1) is 0 Å². The van der Waals surface area contributed by atoms with Gasteiger partial charge in [0.2, 0.25) is 0 Å². The molecule has 1 aliphatic heterocycles. The standard InChI is InChI=1S/C12H19N3/c1-2-4-9(3-1)12-14-8-11(15-12)10-5-6-13-7-10/h8-10,13H,1-7H2,(H,14,15). The molecule has 1 aliphatic carbocycles. The third-order valence-corrected chi connectivity index (χ3v) is 3.86. The van der Waals surface area contributed by atoms with Crippen molar-refractivity contribution in [2.24, 2.45) is 0 Å². The predicted octanol–water partition coefficient (Wildman–Crippen LogP) is 2.14. The van der Waals surface area contributed by atoms with Crippen molar-refractivity contribution >= 4 is 0 Å². The van der Waals surface area contributed by atoms with E-state index in [0.29, 0.717) is 11.8 Å². The van der Waals surface area contributed by atoms with Crippen molar-refractivity contribution in [2.45, 2.75) is 43.9 Å². The van der Waals surface area contributed by atoms with Gasteiger partial charge in [0.25, 0.3) is 0 Å². The Morgan fingerprint density at radius 3 is 2.73 bits per heavy atom. The lowest BCUT2D eigenvalue weighted by Crippen LogP contribution is -2.08. The van der Waals surface area contributed by atoms with Crippen LogP contribution in [0.1, 0.15) is 55.5 Å². The summed E-state index contributed by atoms with van der Waals surface area (Å²) < 4.78 is 0. The zero-order chi connectivity index (χ0) is 10.1. The van der Waals surface area contributed by atoms with Gasteiger partial charge in [-0.1, -0.05) is 12.8 Å². The second-order valence-electron chi connectivity index (χ2n) is 4.89. The minimum atomic E-state index is 0.674. The van der Waals surface area contributed by atoms with Gasteiger partial charge in [-0.15, -0.1) is 0 Å². The Morgan fingerprint density at radius 2 is 2.00 bits per heavy atom. The first-order valence-electron chi connectivity index (χ1n) is 6.19. The van der Waals surface area contributed by atoms with Gasteiger partial charge in [0.1, 0.15) is 5.82 Å². The Bertz CT molecular complexity index is 289. The summed E-state index contributed by atoms with van der Waals surface area (Å²) in [5, 5.41) is 3.40. The molecular weight excluding hydrogens is 186 g/mol. The summed E-state index contributed by atoms with van der Waals surface area (Å²) in [4.78, 5) is 8.11. The van der Waals surface area contributed by atoms with E-state index in [1.807, 2.05) is 0 Å². The van der Waals surface area contributed by atoms with E-state index >= 15 is 0 Å². The van der Waals surface area contributed by atoms with Gasteiger partial charge in [-0.25, -0.2) is 4.98 Å². The summed E-state index contributed by atoms with van der Waals surface area (Å²) in [6.45, 7) is 2.27. The van der Waals surface area contributed by atoms with Gasteiger partial charge in [-0.2, -0.15) is 0 Å². The highest BCUT2D eigenvalue weighted by atomic mass is 15.0. The predicted molar refractivity (Wildman–Crippen MR) is 60.0 cm³/mol. The van der Waals surface area contributed by atoms with Gasteiger partial charge < -0.3 is 10.3 Å². The lowest BCUT2D eigenvalue weighted by molar-refractivity contribution is 0.667. The highest BCUT2D eigenvalue weighted by Crippen LogP contribution is 2.33. The lowest BCUT2D eigenvalue weighted by atomic mass is 10.1. The van der Waals surface area contributed by atoms with Crippen LogP contribution < -0.4 is 5.32 Å². The van der Waals surface area contributed by atoms with E-state index < -0.39 is 0 Å². The highest BCUT2D eigenvalue weighted by molar-refractivity contribution is 5.13. The molecule has 1 aromatic rings. The topological polar surface area (TPSA) is 40.7 Å². The second-order valence-corrected chi connectivity index (χ2v) is 4.89. The van der Waals surface area contributed by atoms with Gasteiger partial charge in [-0.05, 0) is 25.8 Å². The van der Waals surface area contributed by atoms with Crippen molar-refractivity contribution in [3.8, 4) is 0 Å². The summed E-state index contributed by atoms with van der Waals surface area (Å²) in [5.41, 5.74) is 1.35. The summed E-state index contributed by atoms with van der Waals surface area (Å²) in [5.74, 6) is 2.63. The number of H-pyrrole nitrogens is 1. The molecule has 82 valence electrons. The van der Waals surface area contributed by atoms with E-state index in [2.05, 4.69) is 21.5 Å². The summed E-state index contributed by atoms with van der Waals surface area (Å²) in [6.07, 6.45) is 8.74. The van der Waals surface area contributed by atoms with Crippen LogP contribution in [0.15, 0.2) is 6.20 Å². The third-order valence-electron chi connectivity index (χ3n) is 3.86. The number of hydrogen-bond donors (Lipinski definition) is 2. The Kier molecular flexibility index (Phi) is 2.49. The van der Waals surface area contributed by atoms with Crippen LogP contribution in [0.4, 0.5) is 0 Å². The maximum absolute atomic E-state index is 4.56. The molecule has 2 N–H and O–H groups in total. The number of imidazole rings is 1. The minimum absolute atomic E-state index is 0.674. The van der Waals surface area contributed by atoms with Crippen LogP contribution in [-0.2, 0) is 0 Å². The number of hydrogen-bond acceptors (Lipinski definition) is 2. The van der Waals surface area contributed by atoms with E-state index in [1.54, 1.807) is 0 Å². The highest BCUT2D eigenvalue weighted by Gasteiger charge is 2.23. The number of nitrogens with zero attached hydrogens (tertiary/aromatic N) is 1. The molecule has 0 bridgehead atoms. The fraction of sp³-hybridized carbons (Fsp3) is 0.750. The molecule has 0 aromatic carbocycles. The van der Waals surface area contributed by atoms with Crippen molar-refractivity contribution < 1.29 is 0 Å². The molecule has 3 heteroatoms. The Hall–Kier alpha value is -0.830. The van der Waals surface area contributed by atoms with Crippen LogP contribution >= 0.6 is 0 Å². The zero-order valence-corrected chi connectivity index (χ0v) is 9.13. The normalized spacial score (nSPS) is 27.6. The first-order chi connectivity index (χ1) is 7.43. The van der Waals surface area contributed by atoms with Gasteiger partial charge in [0.15, 0.2) is 0 Å². The van der Waals surface area contributed by atoms with E-state index in [1.165, 1.54) is 43.6 Å². The molecule has 3 nitrogen and oxygen atoms in total. The molecule has 1 saturated heterocycles. The molecule has 1 saturated carbocycles. The summed E-state index contributed by atoms with van der Waals surface area (Å²) >= 11 is 0. The molecule has 1 aromatic heterocycles. The van der Waals surface area contributed by atoms with Crippen molar-refractivity contribution in [3.05, 3.63) is 17.7 Å². The van der Waals surface area contributed by atoms with Crippen LogP contribution in [-0.4, -0.2) is 23.1 Å². The third kappa shape index (κ3) is 1.81. The number of rotatable bonds is 2. The van der Waals surface area contributed by atoms with Crippen molar-refractivity contribution in [2.75, 3.05) is 13.1 Å². The Labute approximate surface area is 90.7 Å². The molecule has 3 rings (SSSR count). The van der Waals surface area contributed by atoms with Crippen LogP contribution in [0.3, 0.4) is 0 Å².